The molecule has 0 aromatic carbocycles. The van der Waals surface area contributed by atoms with Crippen LogP contribution in [0.5, 0.6) is 0 Å². The number of halogens is 1. The molecule has 0 heterocycles. The topological polar surface area (TPSA) is 38.3 Å². The van der Waals surface area contributed by atoms with E-state index in [0.29, 0.717) is 29.2 Å². The van der Waals surface area contributed by atoms with Gasteiger partial charge in [-0.05, 0) is 50.9 Å². The van der Waals surface area contributed by atoms with Crippen LogP contribution in [0.1, 0.15) is 45.4 Å². The van der Waals surface area contributed by atoms with Gasteiger partial charge in [0.15, 0.2) is 0 Å². The molecule has 2 aliphatic rings. The third kappa shape index (κ3) is 4.23. The lowest BCUT2D eigenvalue weighted by atomic mass is 9.80. The van der Waals surface area contributed by atoms with Crippen LogP contribution in [0.3, 0.4) is 0 Å². The highest BCUT2D eigenvalue weighted by Crippen LogP contribution is 2.33. The van der Waals surface area contributed by atoms with Gasteiger partial charge in [0.05, 0.1) is 6.10 Å². The van der Waals surface area contributed by atoms with Gasteiger partial charge in [0, 0.05) is 24.4 Å². The second-order valence-electron chi connectivity index (χ2n) is 5.70. The van der Waals surface area contributed by atoms with Crippen LogP contribution in [0.15, 0.2) is 0 Å². The van der Waals surface area contributed by atoms with Crippen LogP contribution < -0.4 is 5.32 Å². The summed E-state index contributed by atoms with van der Waals surface area (Å²) >= 11 is 3.64. The third-order valence-electron chi connectivity index (χ3n) is 4.13. The number of rotatable bonds is 6. The molecule has 104 valence electrons. The first-order chi connectivity index (χ1) is 8.67. The largest absolute Gasteiger partial charge is 0.378 e. The highest BCUT2D eigenvalue weighted by atomic mass is 79.9. The molecule has 18 heavy (non-hydrogen) atoms. The first-order valence-corrected chi connectivity index (χ1v) is 8.11. The van der Waals surface area contributed by atoms with Crippen molar-refractivity contribution in [1.29, 1.82) is 0 Å². The molecular formula is C14H24BrNO2. The summed E-state index contributed by atoms with van der Waals surface area (Å²) < 4.78 is 5.51. The molecule has 0 aromatic heterocycles. The minimum Gasteiger partial charge on any atom is -0.378 e. The Morgan fingerprint density at radius 2 is 2.06 bits per heavy atom. The summed E-state index contributed by atoms with van der Waals surface area (Å²) in [6.45, 7) is 3.68. The fourth-order valence-corrected chi connectivity index (χ4v) is 3.80. The van der Waals surface area contributed by atoms with Gasteiger partial charge in [-0.2, -0.15) is 0 Å². The molecule has 0 spiro atoms. The summed E-state index contributed by atoms with van der Waals surface area (Å²) in [5.74, 6) is 1.46. The zero-order chi connectivity index (χ0) is 13.0. The van der Waals surface area contributed by atoms with Crippen molar-refractivity contribution in [2.45, 2.75) is 56.4 Å². The normalized spacial score (nSPS) is 35.2. The molecule has 1 amide bonds. The number of carbonyl (C=O) groups excluding carboxylic acids is 1. The number of alkyl halides is 1. The second-order valence-corrected chi connectivity index (χ2v) is 6.99. The molecule has 0 radical (unpaired) electrons. The molecular weight excluding hydrogens is 294 g/mol. The molecule has 2 rings (SSSR count). The lowest BCUT2D eigenvalue weighted by Crippen LogP contribution is -2.36. The van der Waals surface area contributed by atoms with E-state index >= 15 is 0 Å². The number of ether oxygens (including phenoxy) is 1. The van der Waals surface area contributed by atoms with Gasteiger partial charge in [0.2, 0.25) is 5.91 Å². The highest BCUT2D eigenvalue weighted by molar-refractivity contribution is 9.09. The van der Waals surface area contributed by atoms with E-state index in [0.717, 1.165) is 26.0 Å². The zero-order valence-corrected chi connectivity index (χ0v) is 12.7. The van der Waals surface area contributed by atoms with Crippen LogP contribution >= 0.6 is 15.9 Å². The van der Waals surface area contributed by atoms with E-state index in [2.05, 4.69) is 21.2 Å². The van der Waals surface area contributed by atoms with Crippen LogP contribution in [0.4, 0.5) is 0 Å². The van der Waals surface area contributed by atoms with Gasteiger partial charge in [0.1, 0.15) is 0 Å². The van der Waals surface area contributed by atoms with Crippen LogP contribution in [0.25, 0.3) is 0 Å². The highest BCUT2D eigenvalue weighted by Gasteiger charge is 2.31. The quantitative estimate of drug-likeness (QED) is 0.765. The van der Waals surface area contributed by atoms with Crippen LogP contribution in [0, 0.1) is 11.8 Å². The summed E-state index contributed by atoms with van der Waals surface area (Å²) in [7, 11) is 0. The SMILES string of the molecule is CCOC1CC(CC(=O)NCC2CCC(Br)C2)C1. The van der Waals surface area contributed by atoms with Gasteiger partial charge in [0.25, 0.3) is 0 Å². The van der Waals surface area contributed by atoms with Crippen molar-refractivity contribution < 1.29 is 9.53 Å². The van der Waals surface area contributed by atoms with E-state index in [9.17, 15) is 4.79 Å². The zero-order valence-electron chi connectivity index (χ0n) is 11.2. The molecule has 2 aliphatic carbocycles. The number of amides is 1. The van der Waals surface area contributed by atoms with E-state index < -0.39 is 0 Å². The predicted molar refractivity (Wildman–Crippen MR) is 75.8 cm³/mol. The molecule has 0 saturated heterocycles. The molecule has 0 bridgehead atoms. The maximum absolute atomic E-state index is 11.8. The molecule has 0 aromatic rings. The van der Waals surface area contributed by atoms with Crippen molar-refractivity contribution in [2.24, 2.45) is 11.8 Å². The van der Waals surface area contributed by atoms with Crippen LogP contribution in [-0.4, -0.2) is 30.0 Å². The van der Waals surface area contributed by atoms with Crippen molar-refractivity contribution in [3.05, 3.63) is 0 Å². The Morgan fingerprint density at radius 3 is 2.67 bits per heavy atom. The Hall–Kier alpha value is -0.0900. The van der Waals surface area contributed by atoms with Gasteiger partial charge in [-0.3, -0.25) is 4.79 Å². The van der Waals surface area contributed by atoms with Gasteiger partial charge in [-0.1, -0.05) is 15.9 Å². The molecule has 2 saturated carbocycles. The van der Waals surface area contributed by atoms with Crippen molar-refractivity contribution in [1.82, 2.24) is 5.32 Å². The molecule has 0 aliphatic heterocycles. The van der Waals surface area contributed by atoms with E-state index in [-0.39, 0.29) is 5.91 Å². The van der Waals surface area contributed by atoms with E-state index in [1.54, 1.807) is 0 Å². The first-order valence-electron chi connectivity index (χ1n) is 7.19. The van der Waals surface area contributed by atoms with E-state index in [1.165, 1.54) is 19.3 Å². The average molecular weight is 318 g/mol. The Bertz CT molecular complexity index is 279. The van der Waals surface area contributed by atoms with Gasteiger partial charge >= 0.3 is 0 Å². The number of nitrogens with one attached hydrogen (secondary N) is 1. The number of hydrogen-bond donors (Lipinski definition) is 1. The minimum absolute atomic E-state index is 0.230. The standard InChI is InChI=1S/C14H24BrNO2/c1-2-18-13-6-11(7-13)8-14(17)16-9-10-3-4-12(15)5-10/h10-13H,2-9H2,1H3,(H,16,17). The van der Waals surface area contributed by atoms with Gasteiger partial charge in [-0.25, -0.2) is 0 Å². The minimum atomic E-state index is 0.230. The van der Waals surface area contributed by atoms with Crippen LogP contribution in [0.2, 0.25) is 0 Å². The fraction of sp³-hybridized carbons (Fsp3) is 0.929. The summed E-state index contributed by atoms with van der Waals surface area (Å²) in [6.07, 6.45) is 6.93. The summed E-state index contributed by atoms with van der Waals surface area (Å²) in [5, 5.41) is 3.09. The predicted octanol–water partition coefficient (Wildman–Crippen LogP) is 2.87. The summed E-state index contributed by atoms with van der Waals surface area (Å²) in [4.78, 5) is 12.5. The average Bonchev–Trinajstić information content (AvgIpc) is 2.70. The third-order valence-corrected chi connectivity index (χ3v) is 4.97. The number of carbonyl (C=O) groups is 1. The van der Waals surface area contributed by atoms with E-state index in [4.69, 9.17) is 4.74 Å². The van der Waals surface area contributed by atoms with Crippen molar-refractivity contribution in [2.75, 3.05) is 13.2 Å². The number of hydrogen-bond acceptors (Lipinski definition) is 2. The molecule has 2 atom stereocenters. The lowest BCUT2D eigenvalue weighted by molar-refractivity contribution is -0.124. The Kier molecular flexibility index (Phi) is 5.49. The van der Waals surface area contributed by atoms with Gasteiger partial charge in [-0.15, -0.1) is 0 Å². The maximum Gasteiger partial charge on any atom is 0.220 e. The Balaban J connectivity index is 1.53. The van der Waals surface area contributed by atoms with Crippen LogP contribution in [-0.2, 0) is 9.53 Å². The summed E-state index contributed by atoms with van der Waals surface area (Å²) in [6, 6.07) is 0. The van der Waals surface area contributed by atoms with Gasteiger partial charge < -0.3 is 10.1 Å². The molecule has 3 nitrogen and oxygen atoms in total. The Labute approximate surface area is 118 Å². The van der Waals surface area contributed by atoms with Crippen molar-refractivity contribution in [3.63, 3.8) is 0 Å². The first kappa shape index (κ1) is 14.3. The molecule has 2 fully saturated rings. The lowest BCUT2D eigenvalue weighted by Gasteiger charge is -2.34. The maximum atomic E-state index is 11.8. The summed E-state index contributed by atoms with van der Waals surface area (Å²) in [5.41, 5.74) is 0. The molecule has 4 heteroatoms. The second kappa shape index (κ2) is 6.90. The van der Waals surface area contributed by atoms with E-state index in [1.807, 2.05) is 6.92 Å². The van der Waals surface area contributed by atoms with Crippen molar-refractivity contribution >= 4 is 21.8 Å². The monoisotopic (exact) mass is 317 g/mol. The molecule has 2 unspecified atom stereocenters. The molecule has 1 N–H and O–H groups in total. The fourth-order valence-electron chi connectivity index (χ4n) is 3.00. The van der Waals surface area contributed by atoms with Crippen molar-refractivity contribution in [3.8, 4) is 0 Å². The smallest absolute Gasteiger partial charge is 0.220 e. The Morgan fingerprint density at radius 1 is 1.28 bits per heavy atom.